The second kappa shape index (κ2) is 7.61. The lowest BCUT2D eigenvalue weighted by Crippen LogP contribution is -2.27. The maximum absolute atomic E-state index is 12.5. The van der Waals surface area contributed by atoms with Crippen LogP contribution in [0.5, 0.6) is 0 Å². The molecular weight excluding hydrogens is 384 g/mol. The number of amides is 1. The molecule has 1 aliphatic rings. The van der Waals surface area contributed by atoms with E-state index in [1.54, 1.807) is 0 Å². The molecule has 0 aromatic heterocycles. The van der Waals surface area contributed by atoms with Crippen LogP contribution in [-0.2, 0) is 9.59 Å². The third-order valence-electron chi connectivity index (χ3n) is 4.08. The Labute approximate surface area is 154 Å². The quantitative estimate of drug-likeness (QED) is 0.824. The number of benzene rings is 2. The van der Waals surface area contributed by atoms with E-state index in [1.807, 2.05) is 54.6 Å². The summed E-state index contributed by atoms with van der Waals surface area (Å²) in [5.41, 5.74) is 2.77. The van der Waals surface area contributed by atoms with E-state index in [0.29, 0.717) is 6.42 Å². The van der Waals surface area contributed by atoms with Crippen LogP contribution >= 0.6 is 15.9 Å². The summed E-state index contributed by atoms with van der Waals surface area (Å²) in [5.74, 6) is -1.26. The molecular formula is C19H17BrN2O3. The summed E-state index contributed by atoms with van der Waals surface area (Å²) in [6, 6.07) is 17.3. The van der Waals surface area contributed by atoms with Crippen molar-refractivity contribution in [1.82, 2.24) is 5.01 Å². The number of aliphatic carboxylic acids is 1. The number of carbonyl (C=O) groups is 2. The van der Waals surface area contributed by atoms with Gasteiger partial charge in [0, 0.05) is 17.3 Å². The lowest BCUT2D eigenvalue weighted by Gasteiger charge is -2.22. The molecule has 1 heterocycles. The lowest BCUT2D eigenvalue weighted by molar-refractivity contribution is -0.141. The zero-order valence-corrected chi connectivity index (χ0v) is 15.0. The molecule has 6 heteroatoms. The highest BCUT2D eigenvalue weighted by Crippen LogP contribution is 2.33. The van der Waals surface area contributed by atoms with E-state index >= 15 is 0 Å². The van der Waals surface area contributed by atoms with Crippen molar-refractivity contribution >= 4 is 33.5 Å². The van der Waals surface area contributed by atoms with Gasteiger partial charge >= 0.3 is 5.97 Å². The van der Waals surface area contributed by atoms with Crippen LogP contribution in [0.1, 0.15) is 36.4 Å². The van der Waals surface area contributed by atoms with Crippen molar-refractivity contribution in [3.8, 4) is 0 Å². The molecule has 0 unspecified atom stereocenters. The molecule has 0 fully saturated rings. The number of halogens is 1. The zero-order chi connectivity index (χ0) is 17.8. The molecule has 25 heavy (non-hydrogen) atoms. The van der Waals surface area contributed by atoms with E-state index in [1.165, 1.54) is 5.01 Å². The number of rotatable bonds is 5. The number of hydrogen-bond donors (Lipinski definition) is 1. The SMILES string of the molecule is O=C(O)CCC(=O)N1N=C(c2ccccc2)C[C@H]1c1ccc(Br)cc1. The van der Waals surface area contributed by atoms with Crippen molar-refractivity contribution in [2.75, 3.05) is 0 Å². The summed E-state index contributed by atoms with van der Waals surface area (Å²) in [6.07, 6.45) is 0.344. The van der Waals surface area contributed by atoms with Crippen LogP contribution in [-0.4, -0.2) is 27.7 Å². The minimum Gasteiger partial charge on any atom is -0.481 e. The van der Waals surface area contributed by atoms with Gasteiger partial charge in [-0.1, -0.05) is 58.4 Å². The van der Waals surface area contributed by atoms with Crippen LogP contribution in [0, 0.1) is 0 Å². The first kappa shape index (κ1) is 17.4. The van der Waals surface area contributed by atoms with E-state index in [0.717, 1.165) is 21.3 Å². The number of hydrogen-bond acceptors (Lipinski definition) is 3. The standard InChI is InChI=1S/C19H17BrN2O3/c20-15-8-6-14(7-9-15)17-12-16(13-4-2-1-3-5-13)21-22(17)18(23)10-11-19(24)25/h1-9,17H,10-12H2,(H,24,25)/t17-/m0/s1. The Morgan fingerprint density at radius 2 is 1.76 bits per heavy atom. The molecule has 1 atom stereocenters. The number of carboxylic acid groups (broad SMARTS) is 1. The van der Waals surface area contributed by atoms with Gasteiger partial charge in [-0.15, -0.1) is 0 Å². The summed E-state index contributed by atoms with van der Waals surface area (Å²) in [7, 11) is 0. The predicted octanol–water partition coefficient (Wildman–Crippen LogP) is 3.99. The molecule has 0 radical (unpaired) electrons. The van der Waals surface area contributed by atoms with Crippen molar-refractivity contribution < 1.29 is 14.7 Å². The molecule has 3 rings (SSSR count). The molecule has 2 aromatic rings. The van der Waals surface area contributed by atoms with Crippen molar-refractivity contribution in [3.63, 3.8) is 0 Å². The highest BCUT2D eigenvalue weighted by molar-refractivity contribution is 9.10. The first-order valence-corrected chi connectivity index (χ1v) is 8.76. The van der Waals surface area contributed by atoms with Crippen LogP contribution in [0.25, 0.3) is 0 Å². The summed E-state index contributed by atoms with van der Waals surface area (Å²) in [5, 5.41) is 14.8. The van der Waals surface area contributed by atoms with E-state index in [4.69, 9.17) is 5.11 Å². The lowest BCUT2D eigenvalue weighted by atomic mass is 9.98. The highest BCUT2D eigenvalue weighted by atomic mass is 79.9. The van der Waals surface area contributed by atoms with Crippen molar-refractivity contribution in [3.05, 3.63) is 70.2 Å². The third-order valence-corrected chi connectivity index (χ3v) is 4.61. The van der Waals surface area contributed by atoms with Gasteiger partial charge < -0.3 is 5.11 Å². The molecule has 0 bridgehead atoms. The maximum Gasteiger partial charge on any atom is 0.303 e. The Morgan fingerprint density at radius 3 is 2.40 bits per heavy atom. The molecule has 1 amide bonds. The van der Waals surface area contributed by atoms with E-state index in [-0.39, 0.29) is 24.8 Å². The number of nitrogens with zero attached hydrogens (tertiary/aromatic N) is 2. The van der Waals surface area contributed by atoms with Crippen molar-refractivity contribution in [2.24, 2.45) is 5.10 Å². The van der Waals surface area contributed by atoms with Crippen molar-refractivity contribution in [2.45, 2.75) is 25.3 Å². The second-order valence-electron chi connectivity index (χ2n) is 5.82. The second-order valence-corrected chi connectivity index (χ2v) is 6.73. The largest absolute Gasteiger partial charge is 0.481 e. The summed E-state index contributed by atoms with van der Waals surface area (Å²) >= 11 is 3.41. The van der Waals surface area contributed by atoms with Gasteiger partial charge in [0.25, 0.3) is 0 Å². The van der Waals surface area contributed by atoms with Gasteiger partial charge in [-0.2, -0.15) is 5.10 Å². The molecule has 128 valence electrons. The first-order chi connectivity index (χ1) is 12.0. The minimum atomic E-state index is -0.986. The van der Waals surface area contributed by atoms with Gasteiger partial charge in [0.05, 0.1) is 18.2 Å². The molecule has 0 saturated heterocycles. The van der Waals surface area contributed by atoms with Crippen LogP contribution in [0.2, 0.25) is 0 Å². The van der Waals surface area contributed by atoms with Gasteiger partial charge in [-0.25, -0.2) is 5.01 Å². The van der Waals surface area contributed by atoms with E-state index in [2.05, 4.69) is 21.0 Å². The molecule has 2 aromatic carbocycles. The fraction of sp³-hybridized carbons (Fsp3) is 0.211. The smallest absolute Gasteiger partial charge is 0.303 e. The van der Waals surface area contributed by atoms with Gasteiger partial charge in [0.15, 0.2) is 0 Å². The molecule has 1 N–H and O–H groups in total. The van der Waals surface area contributed by atoms with E-state index < -0.39 is 5.97 Å². The fourth-order valence-corrected chi connectivity index (χ4v) is 3.08. The minimum absolute atomic E-state index is 0.0616. The molecule has 1 aliphatic heterocycles. The topological polar surface area (TPSA) is 70.0 Å². The van der Waals surface area contributed by atoms with E-state index in [9.17, 15) is 9.59 Å². The normalized spacial score (nSPS) is 16.6. The Kier molecular flexibility index (Phi) is 5.28. The number of hydrazone groups is 1. The number of carboxylic acids is 1. The maximum atomic E-state index is 12.5. The average molecular weight is 401 g/mol. The van der Waals surface area contributed by atoms with Gasteiger partial charge in [0.2, 0.25) is 5.91 Å². The number of carbonyl (C=O) groups excluding carboxylic acids is 1. The molecule has 0 aliphatic carbocycles. The van der Waals surface area contributed by atoms with Gasteiger partial charge in [0.1, 0.15) is 0 Å². The molecule has 0 saturated carbocycles. The predicted molar refractivity (Wildman–Crippen MR) is 98.2 cm³/mol. The van der Waals surface area contributed by atoms with Gasteiger partial charge in [-0.3, -0.25) is 9.59 Å². The Morgan fingerprint density at radius 1 is 1.08 bits per heavy atom. The van der Waals surface area contributed by atoms with Crippen LogP contribution in [0.4, 0.5) is 0 Å². The first-order valence-electron chi connectivity index (χ1n) is 7.97. The fourth-order valence-electron chi connectivity index (χ4n) is 2.82. The average Bonchev–Trinajstić information content (AvgIpc) is 3.06. The summed E-state index contributed by atoms with van der Waals surface area (Å²) in [4.78, 5) is 23.3. The summed E-state index contributed by atoms with van der Waals surface area (Å²) < 4.78 is 0.960. The Balaban J connectivity index is 1.89. The zero-order valence-electron chi connectivity index (χ0n) is 13.4. The third kappa shape index (κ3) is 4.14. The van der Waals surface area contributed by atoms with Crippen molar-refractivity contribution in [1.29, 1.82) is 0 Å². The molecule has 0 spiro atoms. The highest BCUT2D eigenvalue weighted by Gasteiger charge is 2.32. The van der Waals surface area contributed by atoms with Crippen LogP contribution < -0.4 is 0 Å². The van der Waals surface area contributed by atoms with Crippen LogP contribution in [0.3, 0.4) is 0 Å². The Hall–Kier alpha value is -2.47. The monoisotopic (exact) mass is 400 g/mol. The Bertz CT molecular complexity index is 803. The molecule has 5 nitrogen and oxygen atoms in total. The summed E-state index contributed by atoms with van der Waals surface area (Å²) in [6.45, 7) is 0. The van der Waals surface area contributed by atoms with Crippen LogP contribution in [0.15, 0.2) is 64.2 Å². The van der Waals surface area contributed by atoms with Gasteiger partial charge in [-0.05, 0) is 23.3 Å².